The first-order valence-corrected chi connectivity index (χ1v) is 16.4. The molecule has 10 heteroatoms. The highest BCUT2D eigenvalue weighted by Gasteiger charge is 2.57. The van der Waals surface area contributed by atoms with Crippen LogP contribution in [0.3, 0.4) is 0 Å². The summed E-state index contributed by atoms with van der Waals surface area (Å²) in [4.78, 5) is 29.7. The molecule has 1 aliphatic carbocycles. The molecule has 0 bridgehead atoms. The van der Waals surface area contributed by atoms with Gasteiger partial charge in [-0.15, -0.1) is 11.3 Å². The smallest absolute Gasteiger partial charge is 0.455 e. The maximum atomic E-state index is 13.7. The van der Waals surface area contributed by atoms with Crippen molar-refractivity contribution in [1.82, 2.24) is 4.90 Å². The molecule has 218 valence electrons. The second kappa shape index (κ2) is 13.0. The van der Waals surface area contributed by atoms with Gasteiger partial charge in [0.25, 0.3) is 0 Å². The molecule has 3 aliphatic rings. The van der Waals surface area contributed by atoms with Crippen LogP contribution in [0.4, 0.5) is 0 Å². The molecule has 0 radical (unpaired) electrons. The lowest BCUT2D eigenvalue weighted by Crippen LogP contribution is -2.46. The summed E-state index contributed by atoms with van der Waals surface area (Å²) in [5.74, 6) is -0.598. The van der Waals surface area contributed by atoms with Crippen LogP contribution in [0.15, 0.2) is 46.4 Å². The fraction of sp³-hybridized carbons (Fsp3) is 0.484. The van der Waals surface area contributed by atoms with Crippen LogP contribution < -0.4 is 4.74 Å². The number of hydrogen-bond acceptors (Lipinski definition) is 7. The van der Waals surface area contributed by atoms with Crippen LogP contribution in [0.5, 0.6) is 11.5 Å². The first-order valence-electron chi connectivity index (χ1n) is 14.4. The summed E-state index contributed by atoms with van der Waals surface area (Å²) in [5, 5.41) is 23.0. The Kier molecular flexibility index (Phi) is 9.62. The van der Waals surface area contributed by atoms with Crippen LogP contribution in [0.25, 0.3) is 6.08 Å². The third kappa shape index (κ3) is 6.16. The zero-order valence-corrected chi connectivity index (χ0v) is 26.7. The van der Waals surface area contributed by atoms with E-state index in [1.54, 1.807) is 18.4 Å². The lowest BCUT2D eigenvalue weighted by Gasteiger charge is -2.43. The van der Waals surface area contributed by atoms with Gasteiger partial charge in [-0.05, 0) is 102 Å². The number of phenols is 1. The minimum Gasteiger partial charge on any atom is -0.504 e. The predicted octanol–water partition coefficient (Wildman–Crippen LogP) is 6.44. The number of thiophene rings is 1. The molecule has 0 saturated carbocycles. The molecule has 41 heavy (non-hydrogen) atoms. The van der Waals surface area contributed by atoms with Gasteiger partial charge >= 0.3 is 7.12 Å². The lowest BCUT2D eigenvalue weighted by molar-refractivity contribution is -0.140. The minimum absolute atomic E-state index is 0.0805. The third-order valence-corrected chi connectivity index (χ3v) is 10.3. The topological polar surface area (TPSA) is 96.3 Å². The summed E-state index contributed by atoms with van der Waals surface area (Å²) in [7, 11) is 0.576. The van der Waals surface area contributed by atoms with Crippen molar-refractivity contribution < 1.29 is 29.1 Å². The van der Waals surface area contributed by atoms with E-state index in [9.17, 15) is 19.7 Å². The number of ether oxygens (including phenoxy) is 1. The molecule has 1 aromatic carbocycles. The van der Waals surface area contributed by atoms with Gasteiger partial charge in [-0.25, -0.2) is 0 Å². The molecule has 2 aliphatic heterocycles. The molecular formula is C31H37BINO6S. The zero-order valence-electron chi connectivity index (χ0n) is 23.8. The van der Waals surface area contributed by atoms with Crippen molar-refractivity contribution in [2.75, 3.05) is 7.11 Å². The number of aromatic hydroxyl groups is 1. The van der Waals surface area contributed by atoms with Crippen LogP contribution >= 0.6 is 33.9 Å². The Bertz CT molecular complexity index is 1360. The Balaban J connectivity index is 1.40. The lowest BCUT2D eigenvalue weighted by atomic mass is 9.58. The molecule has 2 fully saturated rings. The summed E-state index contributed by atoms with van der Waals surface area (Å²) in [5.41, 5.74) is 4.55. The summed E-state index contributed by atoms with van der Waals surface area (Å²) >= 11 is 3.66. The van der Waals surface area contributed by atoms with Crippen LogP contribution in [0.1, 0.15) is 62.8 Å². The number of nitrogens with zero attached hydrogens (tertiary/aromatic N) is 1. The van der Waals surface area contributed by atoms with Crippen molar-refractivity contribution in [3.8, 4) is 11.5 Å². The molecule has 0 spiro atoms. The van der Waals surface area contributed by atoms with Crippen molar-refractivity contribution in [2.24, 2.45) is 17.8 Å². The van der Waals surface area contributed by atoms with E-state index < -0.39 is 13.0 Å². The van der Waals surface area contributed by atoms with Gasteiger partial charge in [0.15, 0.2) is 11.5 Å². The number of allylic oxidation sites excluding steroid dienone is 2. The fourth-order valence-corrected chi connectivity index (χ4v) is 8.18. The van der Waals surface area contributed by atoms with Crippen molar-refractivity contribution in [1.29, 1.82) is 0 Å². The predicted molar refractivity (Wildman–Crippen MR) is 169 cm³/mol. The van der Waals surface area contributed by atoms with Crippen molar-refractivity contribution in [3.05, 3.63) is 60.4 Å². The van der Waals surface area contributed by atoms with E-state index in [-0.39, 0.29) is 35.5 Å². The third-order valence-electron chi connectivity index (χ3n) is 8.66. The molecule has 4 atom stereocenters. The maximum Gasteiger partial charge on any atom is 0.455 e. The van der Waals surface area contributed by atoms with E-state index in [2.05, 4.69) is 42.5 Å². The minimum atomic E-state index is -0.971. The standard InChI is InChI=1S/C31H37BINO6S/c1-4-7-18(12-19-13-24(33)29(35)26(14-19)39-3)9-10-25-27-20(5-2)15-22-28(23(27)16-32(38)40-25)31(37)34(30(22)36)17-21-8-6-11-41-21/h6,8,11-14,22-23,25,28,35,38H,4-5,7,9-10,15-17H2,1-3H3/b18-12+/t22-,23+,25-,28-/m1/s1. The number of fused-ring (bicyclic) bond motifs is 3. The number of benzene rings is 1. The van der Waals surface area contributed by atoms with Gasteiger partial charge in [0.2, 0.25) is 11.8 Å². The highest BCUT2D eigenvalue weighted by molar-refractivity contribution is 14.1. The Hall–Kier alpha value is -2.15. The van der Waals surface area contributed by atoms with Crippen LogP contribution in [0, 0.1) is 21.3 Å². The Morgan fingerprint density at radius 1 is 1.24 bits per heavy atom. The number of halogens is 1. The SMILES string of the molecule is CCC/C(=C\c1cc(I)c(O)c(OC)c1)CC[C@H]1OB(O)C[C@H]2C1=C(CC)C[C@H]1C(=O)N(Cc3cccs3)C(=O)[C@H]12. The first-order chi connectivity index (χ1) is 19.7. The number of rotatable bonds is 10. The quantitative estimate of drug-likeness (QED) is 0.129. The van der Waals surface area contributed by atoms with E-state index in [1.165, 1.54) is 16.0 Å². The Morgan fingerprint density at radius 3 is 2.73 bits per heavy atom. The van der Waals surface area contributed by atoms with E-state index in [0.717, 1.165) is 45.3 Å². The highest BCUT2D eigenvalue weighted by Crippen LogP contribution is 2.51. The largest absolute Gasteiger partial charge is 0.504 e. The average molecular weight is 689 g/mol. The van der Waals surface area contributed by atoms with Gasteiger partial charge in [0, 0.05) is 4.88 Å². The molecule has 3 heterocycles. The van der Waals surface area contributed by atoms with E-state index in [4.69, 9.17) is 9.39 Å². The van der Waals surface area contributed by atoms with Crippen molar-refractivity contribution in [2.45, 2.75) is 71.3 Å². The van der Waals surface area contributed by atoms with Gasteiger partial charge in [0.05, 0.1) is 35.2 Å². The molecule has 2 N–H and O–H groups in total. The summed E-state index contributed by atoms with van der Waals surface area (Å²) < 4.78 is 12.2. The van der Waals surface area contributed by atoms with Crippen molar-refractivity contribution >= 4 is 58.9 Å². The van der Waals surface area contributed by atoms with E-state index in [0.29, 0.717) is 31.5 Å². The number of amides is 2. The number of carbonyl (C=O) groups excluding carboxylic acids is 2. The van der Waals surface area contributed by atoms with Crippen molar-refractivity contribution in [3.63, 3.8) is 0 Å². The monoisotopic (exact) mass is 689 g/mol. The molecule has 1 aromatic heterocycles. The van der Waals surface area contributed by atoms with Gasteiger partial charge in [-0.1, -0.05) is 43.6 Å². The van der Waals surface area contributed by atoms with Gasteiger partial charge in [0.1, 0.15) is 0 Å². The molecular weight excluding hydrogens is 652 g/mol. The number of carbonyl (C=O) groups is 2. The number of methoxy groups -OCH3 is 1. The Morgan fingerprint density at radius 2 is 2.05 bits per heavy atom. The second-order valence-corrected chi connectivity index (χ2v) is 13.4. The number of likely N-dealkylation sites (tertiary alicyclic amines) is 1. The molecule has 2 amide bonds. The first kappa shape index (κ1) is 30.3. The zero-order chi connectivity index (χ0) is 29.3. The highest BCUT2D eigenvalue weighted by atomic mass is 127. The van der Waals surface area contributed by atoms with E-state index in [1.807, 2.05) is 29.6 Å². The molecule has 5 rings (SSSR count). The molecule has 0 unspecified atom stereocenters. The Labute approximate surface area is 259 Å². The number of hydrogen-bond donors (Lipinski definition) is 2. The summed E-state index contributed by atoms with van der Waals surface area (Å²) in [6.07, 6.45) is 6.91. The number of imide groups is 1. The van der Waals surface area contributed by atoms with Crippen LogP contribution in [-0.2, 0) is 20.8 Å². The maximum absolute atomic E-state index is 13.7. The summed E-state index contributed by atoms with van der Waals surface area (Å²) in [6.45, 7) is 4.57. The molecule has 2 aromatic rings. The fourth-order valence-electron chi connectivity index (χ4n) is 6.86. The molecule has 2 saturated heterocycles. The summed E-state index contributed by atoms with van der Waals surface area (Å²) in [6, 6.07) is 7.67. The van der Waals surface area contributed by atoms with Gasteiger partial charge in [-0.2, -0.15) is 0 Å². The number of phenolic OH excluding ortho intramolecular Hbond substituents is 1. The van der Waals surface area contributed by atoms with Crippen LogP contribution in [-0.4, -0.2) is 47.2 Å². The normalized spacial score (nSPS) is 24.7. The van der Waals surface area contributed by atoms with Gasteiger partial charge < -0.3 is 19.5 Å². The second-order valence-electron chi connectivity index (χ2n) is 11.2. The van der Waals surface area contributed by atoms with Gasteiger partial charge in [-0.3, -0.25) is 14.5 Å². The average Bonchev–Trinajstić information content (AvgIpc) is 3.55. The van der Waals surface area contributed by atoms with Crippen LogP contribution in [0.2, 0.25) is 6.32 Å². The van der Waals surface area contributed by atoms with E-state index >= 15 is 0 Å². The molecule has 7 nitrogen and oxygen atoms in total.